The molecule has 1 atom stereocenters. The van der Waals surface area contributed by atoms with Gasteiger partial charge in [0.25, 0.3) is 11.7 Å². The Hall–Kier alpha value is -4.26. The van der Waals surface area contributed by atoms with Crippen LogP contribution in [-0.2, 0) is 21.5 Å². The smallest absolute Gasteiger partial charge is 0.295 e. The first-order chi connectivity index (χ1) is 18.6. The molecule has 0 saturated carbocycles. The monoisotopic (exact) mass is 529 g/mol. The first-order valence-electron chi connectivity index (χ1n) is 12.9. The number of aliphatic hydroxyl groups excluding tert-OH is 1. The van der Waals surface area contributed by atoms with Gasteiger partial charge in [-0.1, -0.05) is 57.2 Å². The van der Waals surface area contributed by atoms with Gasteiger partial charge in [0, 0.05) is 6.54 Å². The number of hydrogen-bond acceptors (Lipinski definition) is 6. The van der Waals surface area contributed by atoms with Gasteiger partial charge in [0.05, 0.1) is 38.0 Å². The van der Waals surface area contributed by atoms with Crippen molar-refractivity contribution in [2.45, 2.75) is 45.7 Å². The lowest BCUT2D eigenvalue weighted by molar-refractivity contribution is -0.140. The summed E-state index contributed by atoms with van der Waals surface area (Å²) in [6, 6.07) is 19.4. The first kappa shape index (κ1) is 27.8. The quantitative estimate of drug-likeness (QED) is 0.218. The molecule has 1 amide bonds. The Balaban J connectivity index is 1.86. The van der Waals surface area contributed by atoms with Crippen LogP contribution < -0.4 is 14.2 Å². The summed E-state index contributed by atoms with van der Waals surface area (Å²) >= 11 is 0. The summed E-state index contributed by atoms with van der Waals surface area (Å²) in [4.78, 5) is 28.5. The van der Waals surface area contributed by atoms with Crippen molar-refractivity contribution in [1.82, 2.24) is 4.90 Å². The van der Waals surface area contributed by atoms with Crippen LogP contribution in [0.25, 0.3) is 5.76 Å². The zero-order valence-corrected chi connectivity index (χ0v) is 23.3. The van der Waals surface area contributed by atoms with Crippen molar-refractivity contribution in [1.29, 1.82) is 0 Å². The maximum absolute atomic E-state index is 13.5. The van der Waals surface area contributed by atoms with Crippen molar-refractivity contribution in [3.63, 3.8) is 0 Å². The summed E-state index contributed by atoms with van der Waals surface area (Å²) < 4.78 is 16.3. The number of nitrogens with zero attached hydrogens (tertiary/aromatic N) is 1. The van der Waals surface area contributed by atoms with E-state index in [9.17, 15) is 14.7 Å². The third-order valence-electron chi connectivity index (χ3n) is 6.88. The molecule has 3 aromatic rings. The number of carbonyl (C=O) groups is 2. The van der Waals surface area contributed by atoms with Crippen LogP contribution in [0.15, 0.2) is 72.3 Å². The molecule has 1 saturated heterocycles. The lowest BCUT2D eigenvalue weighted by atomic mass is 9.85. The Kier molecular flexibility index (Phi) is 8.00. The third kappa shape index (κ3) is 5.62. The molecule has 0 bridgehead atoms. The summed E-state index contributed by atoms with van der Waals surface area (Å²) in [7, 11) is 2.99. The van der Waals surface area contributed by atoms with Gasteiger partial charge in [-0.25, -0.2) is 0 Å². The SMILES string of the molecule is CCOc1ccc(CN2C(=O)C(=O)/C(=C(/O)c3cc(OC)ccc3OC)C2c2ccc(C(C)(C)C)cc2)cc1. The zero-order valence-electron chi connectivity index (χ0n) is 23.3. The Morgan fingerprint density at radius 1 is 0.897 bits per heavy atom. The molecule has 1 N–H and O–H groups in total. The topological polar surface area (TPSA) is 85.3 Å². The predicted molar refractivity (Wildman–Crippen MR) is 150 cm³/mol. The predicted octanol–water partition coefficient (Wildman–Crippen LogP) is 6.02. The van der Waals surface area contributed by atoms with E-state index in [0.717, 1.165) is 22.4 Å². The molecule has 1 fully saturated rings. The Bertz CT molecular complexity index is 1380. The number of ether oxygens (including phenoxy) is 3. The molecular weight excluding hydrogens is 494 g/mol. The van der Waals surface area contributed by atoms with Crippen molar-refractivity contribution in [3.8, 4) is 17.2 Å². The van der Waals surface area contributed by atoms with Gasteiger partial charge in [-0.05, 0) is 59.4 Å². The van der Waals surface area contributed by atoms with Crippen LogP contribution in [0.3, 0.4) is 0 Å². The lowest BCUT2D eigenvalue weighted by Gasteiger charge is -2.27. The van der Waals surface area contributed by atoms with Crippen LogP contribution in [0.4, 0.5) is 0 Å². The van der Waals surface area contributed by atoms with Gasteiger partial charge in [0.15, 0.2) is 0 Å². The fourth-order valence-corrected chi connectivity index (χ4v) is 4.75. The molecule has 1 aliphatic heterocycles. The number of likely N-dealkylation sites (tertiary alicyclic amines) is 1. The van der Waals surface area contributed by atoms with Gasteiger partial charge >= 0.3 is 0 Å². The van der Waals surface area contributed by atoms with Crippen LogP contribution in [0.2, 0.25) is 0 Å². The molecule has 0 aromatic heterocycles. The molecule has 39 heavy (non-hydrogen) atoms. The summed E-state index contributed by atoms with van der Waals surface area (Å²) in [5.41, 5.74) is 2.86. The zero-order chi connectivity index (χ0) is 28.3. The standard InChI is InChI=1S/C32H35NO6/c1-7-39-23-14-8-20(9-15-23)19-33-28(21-10-12-22(13-11-21)32(2,3)4)27(30(35)31(33)36)29(34)25-18-24(37-5)16-17-26(25)38-6/h8-18,28,34H,7,19H2,1-6H3/b29-27+. The van der Waals surface area contributed by atoms with Gasteiger partial charge in [0.1, 0.15) is 23.0 Å². The summed E-state index contributed by atoms with van der Waals surface area (Å²) in [5, 5.41) is 11.6. The number of benzene rings is 3. The highest BCUT2D eigenvalue weighted by atomic mass is 16.5. The highest BCUT2D eigenvalue weighted by Crippen LogP contribution is 2.42. The summed E-state index contributed by atoms with van der Waals surface area (Å²) in [5.74, 6) is -0.198. The second-order valence-corrected chi connectivity index (χ2v) is 10.4. The van der Waals surface area contributed by atoms with E-state index in [-0.39, 0.29) is 28.9 Å². The molecule has 1 unspecified atom stereocenters. The molecule has 4 rings (SSSR count). The Labute approximate surface area is 229 Å². The van der Waals surface area contributed by atoms with Crippen molar-refractivity contribution < 1.29 is 28.9 Å². The van der Waals surface area contributed by atoms with E-state index < -0.39 is 17.7 Å². The average molecular weight is 530 g/mol. The number of amides is 1. The second kappa shape index (κ2) is 11.2. The van der Waals surface area contributed by atoms with Crippen LogP contribution in [0.1, 0.15) is 56.0 Å². The number of Topliss-reactive ketones (excluding diaryl/α,β-unsaturated/α-hetero) is 1. The minimum absolute atomic E-state index is 0.000924. The van der Waals surface area contributed by atoms with E-state index in [1.165, 1.54) is 19.1 Å². The van der Waals surface area contributed by atoms with E-state index in [4.69, 9.17) is 14.2 Å². The number of hydrogen-bond donors (Lipinski definition) is 1. The van der Waals surface area contributed by atoms with Crippen LogP contribution in [-0.4, -0.2) is 42.5 Å². The fourth-order valence-electron chi connectivity index (χ4n) is 4.75. The minimum atomic E-state index is -0.804. The number of carbonyl (C=O) groups excluding carboxylic acids is 2. The van der Waals surface area contributed by atoms with Gasteiger partial charge in [-0.2, -0.15) is 0 Å². The molecule has 1 aliphatic rings. The number of aliphatic hydroxyl groups is 1. The first-order valence-corrected chi connectivity index (χ1v) is 12.9. The molecule has 1 heterocycles. The van der Waals surface area contributed by atoms with Crippen LogP contribution in [0.5, 0.6) is 17.2 Å². The highest BCUT2D eigenvalue weighted by molar-refractivity contribution is 6.46. The van der Waals surface area contributed by atoms with E-state index >= 15 is 0 Å². The van der Waals surface area contributed by atoms with Crippen LogP contribution >= 0.6 is 0 Å². The third-order valence-corrected chi connectivity index (χ3v) is 6.88. The normalized spacial score (nSPS) is 16.9. The van der Waals surface area contributed by atoms with Gasteiger partial charge < -0.3 is 24.2 Å². The Morgan fingerprint density at radius 2 is 1.54 bits per heavy atom. The number of rotatable bonds is 8. The molecule has 204 valence electrons. The second-order valence-electron chi connectivity index (χ2n) is 10.4. The molecule has 0 radical (unpaired) electrons. The molecule has 0 aliphatic carbocycles. The van der Waals surface area contributed by atoms with Crippen molar-refractivity contribution >= 4 is 17.4 Å². The molecular formula is C32H35NO6. The van der Waals surface area contributed by atoms with E-state index in [2.05, 4.69) is 20.8 Å². The molecule has 7 nitrogen and oxygen atoms in total. The average Bonchev–Trinajstić information content (AvgIpc) is 3.18. The van der Waals surface area contributed by atoms with E-state index in [0.29, 0.717) is 18.1 Å². The molecule has 0 spiro atoms. The Morgan fingerprint density at radius 3 is 2.10 bits per heavy atom. The van der Waals surface area contributed by atoms with E-state index in [1.54, 1.807) is 18.2 Å². The van der Waals surface area contributed by atoms with Crippen molar-refractivity contribution in [2.24, 2.45) is 0 Å². The van der Waals surface area contributed by atoms with Crippen molar-refractivity contribution in [3.05, 3.63) is 94.6 Å². The molecule has 3 aromatic carbocycles. The molecule has 7 heteroatoms. The van der Waals surface area contributed by atoms with E-state index in [1.807, 2.05) is 55.5 Å². The van der Waals surface area contributed by atoms with Gasteiger partial charge in [-0.15, -0.1) is 0 Å². The largest absolute Gasteiger partial charge is 0.507 e. The minimum Gasteiger partial charge on any atom is -0.507 e. The maximum Gasteiger partial charge on any atom is 0.295 e. The van der Waals surface area contributed by atoms with Crippen LogP contribution in [0, 0.1) is 0 Å². The highest BCUT2D eigenvalue weighted by Gasteiger charge is 2.46. The lowest BCUT2D eigenvalue weighted by Crippen LogP contribution is -2.29. The van der Waals surface area contributed by atoms with Gasteiger partial charge in [0.2, 0.25) is 0 Å². The van der Waals surface area contributed by atoms with Crippen molar-refractivity contribution in [2.75, 3.05) is 20.8 Å². The summed E-state index contributed by atoms with van der Waals surface area (Å²) in [6.07, 6.45) is 0. The summed E-state index contributed by atoms with van der Waals surface area (Å²) in [6.45, 7) is 9.00. The number of ketones is 1. The fraction of sp³-hybridized carbons (Fsp3) is 0.312. The number of methoxy groups -OCH3 is 2. The maximum atomic E-state index is 13.5. The van der Waals surface area contributed by atoms with Gasteiger partial charge in [-0.3, -0.25) is 9.59 Å².